The number of aryl methyl sites for hydroxylation is 2. The highest BCUT2D eigenvalue weighted by molar-refractivity contribution is 8.00. The summed E-state index contributed by atoms with van der Waals surface area (Å²) in [4.78, 5) is 25.3. The van der Waals surface area contributed by atoms with Gasteiger partial charge in [-0.25, -0.2) is 4.31 Å². The van der Waals surface area contributed by atoms with E-state index in [0.717, 1.165) is 29.8 Å². The third kappa shape index (κ3) is 4.32. The Labute approximate surface area is 152 Å². The Kier molecular flexibility index (Phi) is 5.61. The maximum atomic E-state index is 12.4. The van der Waals surface area contributed by atoms with Crippen LogP contribution in [0.2, 0.25) is 0 Å². The van der Waals surface area contributed by atoms with Crippen molar-refractivity contribution in [1.82, 2.24) is 9.21 Å². The lowest BCUT2D eigenvalue weighted by Crippen LogP contribution is -2.53. The fraction of sp³-hybridized carbons (Fsp3) is 0.474. The molecule has 0 bridgehead atoms. The van der Waals surface area contributed by atoms with Crippen LogP contribution in [0.1, 0.15) is 39.9 Å². The van der Waals surface area contributed by atoms with Crippen molar-refractivity contribution in [1.29, 1.82) is 0 Å². The number of β-amino-alcohol motifs (C(OH)–C–C–N with tert-alkyl or cyclic N) is 1. The van der Waals surface area contributed by atoms with Gasteiger partial charge in [0.25, 0.3) is 5.91 Å². The molecule has 0 radical (unpaired) electrons. The van der Waals surface area contributed by atoms with Crippen LogP contribution in [-0.2, 0) is 4.79 Å². The standard InChI is InChI=1S/C19H24N2O3S/c1-13-9-15(19(24)20-11-17(23)12-20)10-14(2)18(13)5-8-25-21-6-3-16(22)4-7-21/h5,8-10,17,23H,3-4,6-7,11-12H2,1-2H3/b8-5+. The number of nitrogens with zero attached hydrogens (tertiary/aromatic N) is 2. The Hall–Kier alpha value is -1.63. The molecule has 0 spiro atoms. The lowest BCUT2D eigenvalue weighted by Gasteiger charge is -2.36. The molecule has 25 heavy (non-hydrogen) atoms. The van der Waals surface area contributed by atoms with Gasteiger partial charge >= 0.3 is 0 Å². The van der Waals surface area contributed by atoms with E-state index >= 15 is 0 Å². The van der Waals surface area contributed by atoms with Gasteiger partial charge in [-0.15, -0.1) is 0 Å². The molecule has 5 nitrogen and oxygen atoms in total. The summed E-state index contributed by atoms with van der Waals surface area (Å²) in [6.07, 6.45) is 2.98. The highest BCUT2D eigenvalue weighted by Gasteiger charge is 2.29. The molecule has 0 unspecified atom stereocenters. The molecule has 1 aromatic rings. The minimum absolute atomic E-state index is 0.0145. The van der Waals surface area contributed by atoms with Crippen LogP contribution in [0.5, 0.6) is 0 Å². The molecule has 2 aliphatic rings. The van der Waals surface area contributed by atoms with Crippen molar-refractivity contribution < 1.29 is 14.7 Å². The highest BCUT2D eigenvalue weighted by Crippen LogP contribution is 2.24. The number of carbonyl (C=O) groups excluding carboxylic acids is 2. The summed E-state index contributed by atoms with van der Waals surface area (Å²) in [6.45, 7) is 6.49. The largest absolute Gasteiger partial charge is 0.389 e. The average molecular weight is 360 g/mol. The Balaban J connectivity index is 1.64. The van der Waals surface area contributed by atoms with Gasteiger partial charge in [0.1, 0.15) is 5.78 Å². The van der Waals surface area contributed by atoms with Crippen LogP contribution in [0.4, 0.5) is 0 Å². The molecule has 2 saturated heterocycles. The van der Waals surface area contributed by atoms with Gasteiger partial charge in [0.2, 0.25) is 0 Å². The summed E-state index contributed by atoms with van der Waals surface area (Å²) < 4.78 is 2.20. The van der Waals surface area contributed by atoms with Gasteiger partial charge in [-0.3, -0.25) is 9.59 Å². The van der Waals surface area contributed by atoms with Gasteiger partial charge in [-0.1, -0.05) is 11.9 Å². The summed E-state index contributed by atoms with van der Waals surface area (Å²) in [5, 5.41) is 11.4. The molecule has 1 amide bonds. The minimum atomic E-state index is -0.379. The molecule has 2 fully saturated rings. The quantitative estimate of drug-likeness (QED) is 0.836. The normalized spacial score (nSPS) is 19.5. The number of rotatable bonds is 4. The lowest BCUT2D eigenvalue weighted by atomic mass is 9.98. The molecule has 2 aliphatic heterocycles. The van der Waals surface area contributed by atoms with Crippen molar-refractivity contribution in [2.24, 2.45) is 0 Å². The Morgan fingerprint density at radius 3 is 2.36 bits per heavy atom. The molecule has 1 N–H and O–H groups in total. The number of hydrogen-bond donors (Lipinski definition) is 1. The summed E-state index contributed by atoms with van der Waals surface area (Å²) in [6, 6.07) is 3.84. The second-order valence-corrected chi connectivity index (χ2v) is 7.76. The number of Topliss-reactive ketones (excluding diaryl/α,β-unsaturated/α-hetero) is 1. The van der Waals surface area contributed by atoms with Crippen LogP contribution in [-0.4, -0.2) is 58.3 Å². The summed E-state index contributed by atoms with van der Waals surface area (Å²) in [7, 11) is 0. The number of aliphatic hydroxyl groups excluding tert-OH is 1. The highest BCUT2D eigenvalue weighted by atomic mass is 32.2. The number of hydrogen-bond acceptors (Lipinski definition) is 5. The Morgan fingerprint density at radius 1 is 1.20 bits per heavy atom. The summed E-state index contributed by atoms with van der Waals surface area (Å²) in [5.74, 6) is 0.335. The molecule has 0 aliphatic carbocycles. The third-order valence-electron chi connectivity index (χ3n) is 4.71. The first kappa shape index (κ1) is 18.2. The van der Waals surface area contributed by atoms with E-state index in [0.29, 0.717) is 37.3 Å². The summed E-state index contributed by atoms with van der Waals surface area (Å²) in [5.41, 5.74) is 3.94. The number of ketones is 1. The first-order chi connectivity index (χ1) is 11.9. The van der Waals surface area contributed by atoms with Crippen LogP contribution in [0.3, 0.4) is 0 Å². The number of benzene rings is 1. The van der Waals surface area contributed by atoms with E-state index in [1.807, 2.05) is 26.0 Å². The van der Waals surface area contributed by atoms with Gasteiger partial charge in [0, 0.05) is 44.6 Å². The predicted molar refractivity (Wildman–Crippen MR) is 100 cm³/mol. The number of aliphatic hydroxyl groups is 1. The second kappa shape index (κ2) is 7.72. The molecular weight excluding hydrogens is 336 g/mol. The second-order valence-electron chi connectivity index (χ2n) is 6.76. The molecule has 0 saturated carbocycles. The maximum absolute atomic E-state index is 12.4. The van der Waals surface area contributed by atoms with E-state index in [4.69, 9.17) is 0 Å². The van der Waals surface area contributed by atoms with Crippen LogP contribution in [0, 0.1) is 13.8 Å². The van der Waals surface area contributed by atoms with E-state index in [1.165, 1.54) is 0 Å². The molecule has 3 rings (SSSR count). The molecule has 0 aromatic heterocycles. The topological polar surface area (TPSA) is 60.9 Å². The number of carbonyl (C=O) groups is 2. The first-order valence-corrected chi connectivity index (χ1v) is 9.46. The van der Waals surface area contributed by atoms with E-state index in [2.05, 4.69) is 15.8 Å². The van der Waals surface area contributed by atoms with Crippen LogP contribution < -0.4 is 0 Å². The molecule has 2 heterocycles. The fourth-order valence-corrected chi connectivity index (χ4v) is 3.95. The number of amides is 1. The first-order valence-electron chi connectivity index (χ1n) is 8.62. The molecule has 6 heteroatoms. The van der Waals surface area contributed by atoms with Gasteiger partial charge in [-0.05, 0) is 54.2 Å². The molecular formula is C19H24N2O3S. The average Bonchev–Trinajstić information content (AvgIpc) is 2.55. The van der Waals surface area contributed by atoms with Crippen molar-refractivity contribution in [3.63, 3.8) is 0 Å². The SMILES string of the molecule is Cc1cc(C(=O)N2CC(O)C2)cc(C)c1/C=C/SN1CCC(=O)CC1. The van der Waals surface area contributed by atoms with E-state index < -0.39 is 0 Å². The zero-order valence-electron chi connectivity index (χ0n) is 14.7. The van der Waals surface area contributed by atoms with Gasteiger partial charge in [0.05, 0.1) is 6.10 Å². The molecule has 134 valence electrons. The van der Waals surface area contributed by atoms with E-state index in [1.54, 1.807) is 16.8 Å². The van der Waals surface area contributed by atoms with Crippen molar-refractivity contribution in [2.75, 3.05) is 26.2 Å². The maximum Gasteiger partial charge on any atom is 0.254 e. The smallest absolute Gasteiger partial charge is 0.254 e. The Morgan fingerprint density at radius 2 is 1.80 bits per heavy atom. The Bertz CT molecular complexity index is 678. The van der Waals surface area contributed by atoms with Crippen LogP contribution in [0.25, 0.3) is 6.08 Å². The number of piperidine rings is 1. The lowest BCUT2D eigenvalue weighted by molar-refractivity contribution is -0.120. The van der Waals surface area contributed by atoms with Gasteiger partial charge < -0.3 is 10.0 Å². The third-order valence-corrected chi connectivity index (χ3v) is 5.64. The van der Waals surface area contributed by atoms with Crippen LogP contribution >= 0.6 is 11.9 Å². The van der Waals surface area contributed by atoms with Crippen LogP contribution in [0.15, 0.2) is 17.5 Å². The van der Waals surface area contributed by atoms with Crippen molar-refractivity contribution in [2.45, 2.75) is 32.8 Å². The van der Waals surface area contributed by atoms with Gasteiger partial charge in [-0.2, -0.15) is 0 Å². The monoisotopic (exact) mass is 360 g/mol. The van der Waals surface area contributed by atoms with E-state index in [-0.39, 0.29) is 12.0 Å². The minimum Gasteiger partial charge on any atom is -0.389 e. The predicted octanol–water partition coefficient (Wildman–Crippen LogP) is 2.40. The molecule has 0 atom stereocenters. The molecule has 1 aromatic carbocycles. The van der Waals surface area contributed by atoms with Crippen molar-refractivity contribution in [3.05, 3.63) is 39.8 Å². The van der Waals surface area contributed by atoms with E-state index in [9.17, 15) is 14.7 Å². The van der Waals surface area contributed by atoms with Crippen molar-refractivity contribution >= 4 is 29.7 Å². The zero-order valence-corrected chi connectivity index (χ0v) is 15.5. The van der Waals surface area contributed by atoms with Gasteiger partial charge in [0.15, 0.2) is 0 Å². The summed E-state index contributed by atoms with van der Waals surface area (Å²) >= 11 is 1.64. The zero-order chi connectivity index (χ0) is 18.0. The van der Waals surface area contributed by atoms with Crippen molar-refractivity contribution in [3.8, 4) is 0 Å². The fourth-order valence-electron chi connectivity index (χ4n) is 3.19. The number of likely N-dealkylation sites (tertiary alicyclic amines) is 1.